The average molecular weight is 548 g/mol. The number of benzene rings is 2. The summed E-state index contributed by atoms with van der Waals surface area (Å²) in [5, 5.41) is 13.8. The predicted octanol–water partition coefficient (Wildman–Crippen LogP) is 5.05. The van der Waals surface area contributed by atoms with Crippen LogP contribution in [0.4, 0.5) is 11.4 Å². The van der Waals surface area contributed by atoms with Gasteiger partial charge in [-0.05, 0) is 105 Å². The fourth-order valence-electron chi connectivity index (χ4n) is 5.15. The van der Waals surface area contributed by atoms with Crippen molar-refractivity contribution >= 4 is 38.7 Å². The van der Waals surface area contributed by atoms with Crippen LogP contribution in [0.15, 0.2) is 72.9 Å². The number of hydrogen-bond donors (Lipinski definition) is 3. The number of aryl methyl sites for hydroxylation is 2. The van der Waals surface area contributed by atoms with Crippen LogP contribution in [-0.2, 0) is 10.0 Å². The van der Waals surface area contributed by atoms with Crippen LogP contribution in [0, 0.1) is 20.8 Å². The lowest BCUT2D eigenvalue weighted by Crippen LogP contribution is -2.29. The Morgan fingerprint density at radius 3 is 2.34 bits per heavy atom. The fraction of sp³-hybridized carbons (Fsp3) is 0.214. The SMILES string of the molecule is Cc1cc(N2C(=S)N[C@H](c3ccccn3)[C@@H]2c2cc(C)n(-c3ccc(O)cc3)c2C)ccc1NS(C)(=O)=O. The first-order chi connectivity index (χ1) is 18.0. The van der Waals surface area contributed by atoms with E-state index in [0.717, 1.165) is 45.8 Å². The minimum Gasteiger partial charge on any atom is -0.508 e. The van der Waals surface area contributed by atoms with Gasteiger partial charge < -0.3 is 19.9 Å². The Morgan fingerprint density at radius 1 is 1.00 bits per heavy atom. The second-order valence-electron chi connectivity index (χ2n) is 9.55. The molecule has 0 saturated carbocycles. The van der Waals surface area contributed by atoms with Crippen LogP contribution in [0.2, 0.25) is 0 Å². The Labute approximate surface area is 228 Å². The Balaban J connectivity index is 1.65. The van der Waals surface area contributed by atoms with E-state index >= 15 is 0 Å². The summed E-state index contributed by atoms with van der Waals surface area (Å²) in [4.78, 5) is 6.72. The lowest BCUT2D eigenvalue weighted by atomic mass is 9.96. The highest BCUT2D eigenvalue weighted by atomic mass is 32.2. The van der Waals surface area contributed by atoms with Crippen LogP contribution in [0.3, 0.4) is 0 Å². The topological polar surface area (TPSA) is 99.5 Å². The van der Waals surface area contributed by atoms with Gasteiger partial charge in [-0.2, -0.15) is 0 Å². The van der Waals surface area contributed by atoms with Crippen molar-refractivity contribution in [2.45, 2.75) is 32.9 Å². The van der Waals surface area contributed by atoms with Crippen molar-refractivity contribution in [1.29, 1.82) is 0 Å². The van der Waals surface area contributed by atoms with Crippen LogP contribution < -0.4 is 14.9 Å². The second kappa shape index (κ2) is 9.77. The van der Waals surface area contributed by atoms with E-state index in [1.54, 1.807) is 24.4 Å². The quantitative estimate of drug-likeness (QED) is 0.291. The minimum absolute atomic E-state index is 0.215. The van der Waals surface area contributed by atoms with Crippen LogP contribution in [0.5, 0.6) is 5.75 Å². The highest BCUT2D eigenvalue weighted by Crippen LogP contribution is 2.44. The fourth-order valence-corrected chi connectivity index (χ4v) is 6.12. The maximum Gasteiger partial charge on any atom is 0.229 e. The third-order valence-corrected chi connectivity index (χ3v) is 7.68. The van der Waals surface area contributed by atoms with Crippen LogP contribution >= 0.6 is 12.2 Å². The number of rotatable bonds is 6. The van der Waals surface area contributed by atoms with Gasteiger partial charge >= 0.3 is 0 Å². The Hall–Kier alpha value is -3.89. The predicted molar refractivity (Wildman–Crippen MR) is 154 cm³/mol. The van der Waals surface area contributed by atoms with E-state index in [1.165, 1.54) is 0 Å². The van der Waals surface area contributed by atoms with Crippen LogP contribution in [-0.4, -0.2) is 34.4 Å². The zero-order valence-corrected chi connectivity index (χ0v) is 23.1. The molecule has 0 radical (unpaired) electrons. The number of phenolic OH excluding ortho intramolecular Hbond substituents is 1. The first-order valence-electron chi connectivity index (χ1n) is 12.1. The summed E-state index contributed by atoms with van der Waals surface area (Å²) >= 11 is 5.87. The van der Waals surface area contributed by atoms with Gasteiger partial charge in [-0.15, -0.1) is 0 Å². The van der Waals surface area contributed by atoms with Crippen molar-refractivity contribution in [3.8, 4) is 11.4 Å². The molecule has 2 aromatic heterocycles. The number of aromatic hydroxyl groups is 1. The number of sulfonamides is 1. The number of thiocarbonyl (C=S) groups is 1. The van der Waals surface area contributed by atoms with E-state index in [4.69, 9.17) is 12.2 Å². The summed E-state index contributed by atoms with van der Waals surface area (Å²) in [7, 11) is -3.41. The number of hydrogen-bond acceptors (Lipinski definition) is 5. The molecule has 5 rings (SSSR count). The van der Waals surface area contributed by atoms with Gasteiger partial charge in [0, 0.05) is 29.0 Å². The Bertz CT molecular complexity index is 1620. The summed E-state index contributed by atoms with van der Waals surface area (Å²) < 4.78 is 28.4. The van der Waals surface area contributed by atoms with Crippen molar-refractivity contribution in [1.82, 2.24) is 14.9 Å². The molecule has 2 atom stereocenters. The van der Waals surface area contributed by atoms with E-state index < -0.39 is 10.0 Å². The largest absolute Gasteiger partial charge is 0.508 e. The molecular weight excluding hydrogens is 518 g/mol. The molecule has 8 nitrogen and oxygen atoms in total. The van der Waals surface area contributed by atoms with Gasteiger partial charge in [0.25, 0.3) is 0 Å². The van der Waals surface area contributed by atoms with Gasteiger partial charge in [-0.3, -0.25) is 9.71 Å². The summed E-state index contributed by atoms with van der Waals surface area (Å²) in [6.45, 7) is 6.00. The van der Waals surface area contributed by atoms with Gasteiger partial charge in [0.1, 0.15) is 5.75 Å². The second-order valence-corrected chi connectivity index (χ2v) is 11.7. The lowest BCUT2D eigenvalue weighted by molar-refractivity contribution is 0.475. The third kappa shape index (κ3) is 4.84. The molecule has 3 N–H and O–H groups in total. The maximum atomic E-state index is 11.8. The molecule has 1 saturated heterocycles. The normalized spacial score (nSPS) is 17.5. The van der Waals surface area contributed by atoms with E-state index in [-0.39, 0.29) is 17.8 Å². The molecule has 1 fully saturated rings. The minimum atomic E-state index is -3.41. The number of aromatic nitrogens is 2. The van der Waals surface area contributed by atoms with Crippen molar-refractivity contribution in [3.05, 3.63) is 101 Å². The molecule has 1 aliphatic rings. The van der Waals surface area contributed by atoms with Gasteiger partial charge in [-0.1, -0.05) is 6.07 Å². The monoisotopic (exact) mass is 547 g/mol. The number of nitrogens with zero attached hydrogens (tertiary/aromatic N) is 3. The highest BCUT2D eigenvalue weighted by molar-refractivity contribution is 7.92. The van der Waals surface area contributed by atoms with Crippen molar-refractivity contribution in [2.24, 2.45) is 0 Å². The molecule has 2 aromatic carbocycles. The molecule has 0 amide bonds. The first kappa shape index (κ1) is 25.7. The standard InChI is InChI=1S/C28H29N5O3S2/c1-17-15-21(10-13-24(17)31-38(4,35)36)33-27(26(30-28(33)37)25-7-5-6-14-29-25)23-16-18(2)32(19(23)3)20-8-11-22(34)12-9-20/h5-16,26-27,31,34H,1-4H3,(H,30,37)/t26-,27+/m1/s1. The molecule has 0 aliphatic carbocycles. The zero-order valence-electron chi connectivity index (χ0n) is 21.5. The van der Waals surface area contributed by atoms with Gasteiger partial charge in [0.15, 0.2) is 5.11 Å². The number of phenols is 1. The van der Waals surface area contributed by atoms with Crippen molar-refractivity contribution < 1.29 is 13.5 Å². The molecule has 0 bridgehead atoms. The van der Waals surface area contributed by atoms with Crippen LogP contribution in [0.25, 0.3) is 5.69 Å². The van der Waals surface area contributed by atoms with Gasteiger partial charge in [0.05, 0.1) is 29.7 Å². The van der Waals surface area contributed by atoms with E-state index in [9.17, 15) is 13.5 Å². The molecule has 10 heteroatoms. The van der Waals surface area contributed by atoms with E-state index in [0.29, 0.717) is 10.8 Å². The summed E-state index contributed by atoms with van der Waals surface area (Å²) in [6, 6.07) is 20.3. The smallest absolute Gasteiger partial charge is 0.229 e. The summed E-state index contributed by atoms with van der Waals surface area (Å²) in [5.74, 6) is 0.215. The molecular formula is C28H29N5O3S2. The van der Waals surface area contributed by atoms with E-state index in [1.807, 2.05) is 49.4 Å². The summed E-state index contributed by atoms with van der Waals surface area (Å²) in [5.41, 5.74) is 7.14. The van der Waals surface area contributed by atoms with Gasteiger partial charge in [0.2, 0.25) is 10.0 Å². The highest BCUT2D eigenvalue weighted by Gasteiger charge is 2.42. The average Bonchev–Trinajstić information content (AvgIpc) is 3.36. The van der Waals surface area contributed by atoms with E-state index in [2.05, 4.69) is 44.4 Å². The molecule has 0 unspecified atom stereocenters. The van der Waals surface area contributed by atoms with Crippen molar-refractivity contribution in [3.63, 3.8) is 0 Å². The van der Waals surface area contributed by atoms with Gasteiger partial charge in [-0.25, -0.2) is 8.42 Å². The number of pyridine rings is 1. The summed E-state index contributed by atoms with van der Waals surface area (Å²) in [6.07, 6.45) is 2.91. The Morgan fingerprint density at radius 2 is 1.71 bits per heavy atom. The maximum absolute atomic E-state index is 11.8. The molecule has 38 heavy (non-hydrogen) atoms. The van der Waals surface area contributed by atoms with Crippen molar-refractivity contribution in [2.75, 3.05) is 15.9 Å². The Kier molecular flexibility index (Phi) is 6.62. The molecule has 3 heterocycles. The molecule has 196 valence electrons. The third-order valence-electron chi connectivity index (χ3n) is 6.78. The molecule has 0 spiro atoms. The van der Waals surface area contributed by atoms with Crippen LogP contribution in [0.1, 0.15) is 40.3 Å². The number of nitrogens with one attached hydrogen (secondary N) is 2. The first-order valence-corrected chi connectivity index (χ1v) is 14.4. The molecule has 1 aliphatic heterocycles. The number of anilines is 2. The zero-order chi connectivity index (χ0) is 27.2. The lowest BCUT2D eigenvalue weighted by Gasteiger charge is -2.29. The molecule has 4 aromatic rings.